The smallest absolute Gasteiger partial charge is 0.194 e. The number of anilines is 1. The van der Waals surface area contributed by atoms with E-state index in [4.69, 9.17) is 5.73 Å². The Balaban J connectivity index is 1.82. The van der Waals surface area contributed by atoms with E-state index < -0.39 is 0 Å². The van der Waals surface area contributed by atoms with Crippen LogP contribution in [0.3, 0.4) is 0 Å². The van der Waals surface area contributed by atoms with Gasteiger partial charge >= 0.3 is 0 Å². The maximum atomic E-state index is 13.1. The molecule has 2 aromatic heterocycles. The average molecular weight is 309 g/mol. The molecule has 0 amide bonds. The number of hydrogen-bond donors (Lipinski definition) is 1. The van der Waals surface area contributed by atoms with Crippen LogP contribution >= 0.6 is 11.3 Å². The van der Waals surface area contributed by atoms with E-state index in [-0.39, 0.29) is 5.82 Å². The SMILES string of the molecule is Nc1ccc(-c2cn3c(-c4ccc(F)cc4)csc3n2)cc1. The van der Waals surface area contributed by atoms with Crippen molar-refractivity contribution in [2.45, 2.75) is 0 Å². The fourth-order valence-corrected chi connectivity index (χ4v) is 3.29. The van der Waals surface area contributed by atoms with E-state index in [9.17, 15) is 4.39 Å². The second-order valence-corrected chi connectivity index (χ2v) is 5.87. The molecule has 0 bridgehead atoms. The highest BCUT2D eigenvalue weighted by Gasteiger charge is 2.11. The summed E-state index contributed by atoms with van der Waals surface area (Å²) >= 11 is 1.57. The monoisotopic (exact) mass is 309 g/mol. The number of fused-ring (bicyclic) bond motifs is 1. The fourth-order valence-electron chi connectivity index (χ4n) is 2.41. The molecular weight excluding hydrogens is 297 g/mol. The third-order valence-corrected chi connectivity index (χ3v) is 4.40. The largest absolute Gasteiger partial charge is 0.399 e. The van der Waals surface area contributed by atoms with Crippen molar-refractivity contribution in [3.8, 4) is 22.5 Å². The maximum Gasteiger partial charge on any atom is 0.194 e. The quantitative estimate of drug-likeness (QED) is 0.556. The summed E-state index contributed by atoms with van der Waals surface area (Å²) in [5.41, 5.74) is 10.3. The van der Waals surface area contributed by atoms with E-state index in [2.05, 4.69) is 4.98 Å². The van der Waals surface area contributed by atoms with E-state index in [0.29, 0.717) is 0 Å². The molecule has 4 aromatic rings. The first-order valence-electron chi connectivity index (χ1n) is 6.79. The molecule has 0 spiro atoms. The van der Waals surface area contributed by atoms with Crippen molar-refractivity contribution >= 4 is 22.0 Å². The molecule has 22 heavy (non-hydrogen) atoms. The Labute approximate surface area is 130 Å². The van der Waals surface area contributed by atoms with Gasteiger partial charge in [-0.25, -0.2) is 9.37 Å². The van der Waals surface area contributed by atoms with Crippen molar-refractivity contribution < 1.29 is 4.39 Å². The third kappa shape index (κ3) is 2.16. The number of hydrogen-bond acceptors (Lipinski definition) is 3. The van der Waals surface area contributed by atoms with Crippen LogP contribution in [0, 0.1) is 5.82 Å². The summed E-state index contributed by atoms with van der Waals surface area (Å²) in [7, 11) is 0. The van der Waals surface area contributed by atoms with E-state index in [0.717, 1.165) is 33.2 Å². The predicted octanol–water partition coefficient (Wildman–Crippen LogP) is 4.45. The molecule has 0 aliphatic rings. The minimum Gasteiger partial charge on any atom is -0.399 e. The summed E-state index contributed by atoms with van der Waals surface area (Å²) in [6.07, 6.45) is 2.00. The summed E-state index contributed by atoms with van der Waals surface area (Å²) in [4.78, 5) is 5.55. The van der Waals surface area contributed by atoms with Gasteiger partial charge < -0.3 is 5.73 Å². The van der Waals surface area contributed by atoms with Gasteiger partial charge in [0.1, 0.15) is 5.82 Å². The van der Waals surface area contributed by atoms with Gasteiger partial charge in [-0.3, -0.25) is 4.40 Å². The lowest BCUT2D eigenvalue weighted by atomic mass is 10.1. The number of nitrogens with zero attached hydrogens (tertiary/aromatic N) is 2. The van der Waals surface area contributed by atoms with Gasteiger partial charge in [-0.15, -0.1) is 11.3 Å². The molecule has 5 heteroatoms. The Bertz CT molecular complexity index is 936. The van der Waals surface area contributed by atoms with Gasteiger partial charge in [0.05, 0.1) is 11.4 Å². The van der Waals surface area contributed by atoms with Crippen LogP contribution in [0.1, 0.15) is 0 Å². The molecule has 4 rings (SSSR count). The summed E-state index contributed by atoms with van der Waals surface area (Å²) < 4.78 is 15.1. The van der Waals surface area contributed by atoms with Crippen molar-refractivity contribution in [2.75, 3.05) is 5.73 Å². The second kappa shape index (κ2) is 4.96. The van der Waals surface area contributed by atoms with Crippen LogP contribution in [0.4, 0.5) is 10.1 Å². The first kappa shape index (κ1) is 13.0. The van der Waals surface area contributed by atoms with E-state index in [1.165, 1.54) is 12.1 Å². The molecule has 0 aliphatic carbocycles. The summed E-state index contributed by atoms with van der Waals surface area (Å²) in [6.45, 7) is 0. The molecule has 0 atom stereocenters. The predicted molar refractivity (Wildman–Crippen MR) is 88.3 cm³/mol. The molecule has 2 aromatic carbocycles. The zero-order valence-corrected chi connectivity index (χ0v) is 12.3. The summed E-state index contributed by atoms with van der Waals surface area (Å²) in [5.74, 6) is -0.233. The molecule has 0 radical (unpaired) electrons. The average Bonchev–Trinajstić information content (AvgIpc) is 3.09. The van der Waals surface area contributed by atoms with E-state index >= 15 is 0 Å². The number of nitrogen functional groups attached to an aromatic ring is 1. The second-order valence-electron chi connectivity index (χ2n) is 5.03. The van der Waals surface area contributed by atoms with Crippen molar-refractivity contribution in [2.24, 2.45) is 0 Å². The van der Waals surface area contributed by atoms with Crippen molar-refractivity contribution in [1.82, 2.24) is 9.38 Å². The minimum absolute atomic E-state index is 0.233. The van der Waals surface area contributed by atoms with Crippen LogP contribution in [0.15, 0.2) is 60.1 Å². The van der Waals surface area contributed by atoms with Crippen LogP contribution in [0.2, 0.25) is 0 Å². The Kier molecular flexibility index (Phi) is 2.94. The molecule has 0 unspecified atom stereocenters. The van der Waals surface area contributed by atoms with Crippen molar-refractivity contribution in [1.29, 1.82) is 0 Å². The summed E-state index contributed by atoms with van der Waals surface area (Å²) in [5, 5.41) is 2.03. The lowest BCUT2D eigenvalue weighted by Gasteiger charge is -1.99. The van der Waals surface area contributed by atoms with Crippen molar-refractivity contribution in [3.05, 3.63) is 65.9 Å². The highest BCUT2D eigenvalue weighted by atomic mass is 32.1. The molecule has 0 fully saturated rings. The van der Waals surface area contributed by atoms with Gasteiger partial charge in [0.2, 0.25) is 0 Å². The van der Waals surface area contributed by atoms with E-state index in [1.807, 2.05) is 40.2 Å². The molecule has 0 aliphatic heterocycles. The highest BCUT2D eigenvalue weighted by molar-refractivity contribution is 7.15. The number of halogens is 1. The van der Waals surface area contributed by atoms with Gasteiger partial charge in [-0.2, -0.15) is 0 Å². The number of thiazole rings is 1. The number of nitrogens with two attached hydrogens (primary N) is 1. The van der Waals surface area contributed by atoms with Gasteiger partial charge in [0, 0.05) is 22.8 Å². The molecule has 0 saturated heterocycles. The van der Waals surface area contributed by atoms with Crippen LogP contribution in [0.25, 0.3) is 27.5 Å². The Morgan fingerprint density at radius 3 is 2.36 bits per heavy atom. The first-order chi connectivity index (χ1) is 10.7. The topological polar surface area (TPSA) is 43.3 Å². The van der Waals surface area contributed by atoms with Crippen LogP contribution in [-0.4, -0.2) is 9.38 Å². The van der Waals surface area contributed by atoms with Gasteiger partial charge in [-0.1, -0.05) is 12.1 Å². The number of aromatic nitrogens is 2. The van der Waals surface area contributed by atoms with Gasteiger partial charge in [-0.05, 0) is 42.0 Å². The third-order valence-electron chi connectivity index (χ3n) is 3.56. The standard InChI is InChI=1S/C17H12FN3S/c18-13-5-1-12(2-6-13)16-10-22-17-20-15(9-21(16)17)11-3-7-14(19)8-4-11/h1-10H,19H2. The van der Waals surface area contributed by atoms with Crippen LogP contribution in [-0.2, 0) is 0 Å². The van der Waals surface area contributed by atoms with Crippen LogP contribution in [0.5, 0.6) is 0 Å². The number of imidazole rings is 1. The van der Waals surface area contributed by atoms with Gasteiger partial charge in [0.25, 0.3) is 0 Å². The zero-order valence-electron chi connectivity index (χ0n) is 11.5. The van der Waals surface area contributed by atoms with Gasteiger partial charge in [0.15, 0.2) is 4.96 Å². The number of benzene rings is 2. The molecule has 0 saturated carbocycles. The zero-order chi connectivity index (χ0) is 15.1. The Morgan fingerprint density at radius 2 is 1.64 bits per heavy atom. The lowest BCUT2D eigenvalue weighted by molar-refractivity contribution is 0.628. The fraction of sp³-hybridized carbons (Fsp3) is 0. The minimum atomic E-state index is -0.233. The molecular formula is C17H12FN3S. The van der Waals surface area contributed by atoms with Crippen LogP contribution < -0.4 is 5.73 Å². The maximum absolute atomic E-state index is 13.1. The molecule has 2 heterocycles. The molecule has 2 N–H and O–H groups in total. The Hall–Kier alpha value is -2.66. The Morgan fingerprint density at radius 1 is 0.955 bits per heavy atom. The highest BCUT2D eigenvalue weighted by Crippen LogP contribution is 2.29. The number of rotatable bonds is 2. The molecule has 108 valence electrons. The van der Waals surface area contributed by atoms with E-state index in [1.54, 1.807) is 23.5 Å². The normalized spacial score (nSPS) is 11.1. The van der Waals surface area contributed by atoms with Crippen molar-refractivity contribution in [3.63, 3.8) is 0 Å². The lowest BCUT2D eigenvalue weighted by Crippen LogP contribution is -1.85. The summed E-state index contributed by atoms with van der Waals surface area (Å²) in [6, 6.07) is 14.1. The first-order valence-corrected chi connectivity index (χ1v) is 7.67. The molecule has 3 nitrogen and oxygen atoms in total.